The Bertz CT molecular complexity index is 734. The summed E-state index contributed by atoms with van der Waals surface area (Å²) in [5.41, 5.74) is 2.56. The molecule has 1 fully saturated rings. The zero-order valence-electron chi connectivity index (χ0n) is 17.6. The monoisotopic (exact) mass is 416 g/mol. The second-order valence-electron chi connectivity index (χ2n) is 8.55. The number of carbonyl (C=O) groups excluding carboxylic acids is 1. The van der Waals surface area contributed by atoms with Gasteiger partial charge >= 0.3 is 5.97 Å². The normalized spacial score (nSPS) is 27.7. The molecule has 30 heavy (non-hydrogen) atoms. The van der Waals surface area contributed by atoms with Gasteiger partial charge in [-0.05, 0) is 55.1 Å². The summed E-state index contributed by atoms with van der Waals surface area (Å²) in [6.45, 7) is 0. The van der Waals surface area contributed by atoms with Gasteiger partial charge in [0, 0.05) is 18.8 Å². The van der Waals surface area contributed by atoms with Gasteiger partial charge in [0.2, 0.25) is 0 Å². The molecule has 0 aromatic heterocycles. The number of aliphatic hydroxyl groups is 2. The summed E-state index contributed by atoms with van der Waals surface area (Å²) in [6.07, 6.45) is 9.32. The van der Waals surface area contributed by atoms with Crippen LogP contribution in [0.5, 0.6) is 0 Å². The van der Waals surface area contributed by atoms with Crippen LogP contribution in [-0.2, 0) is 22.4 Å². The molecule has 5 atom stereocenters. The lowest BCUT2D eigenvalue weighted by molar-refractivity contribution is -0.140. The Labute approximate surface area is 178 Å². The first-order chi connectivity index (χ1) is 14.5. The van der Waals surface area contributed by atoms with Crippen molar-refractivity contribution in [3.63, 3.8) is 0 Å². The van der Waals surface area contributed by atoms with Crippen LogP contribution in [0.3, 0.4) is 0 Å². The van der Waals surface area contributed by atoms with E-state index in [4.69, 9.17) is 0 Å². The van der Waals surface area contributed by atoms with Gasteiger partial charge in [0.05, 0.1) is 19.3 Å². The highest BCUT2D eigenvalue weighted by molar-refractivity contribution is 5.69. The van der Waals surface area contributed by atoms with Crippen LogP contribution in [0, 0.1) is 17.8 Å². The Morgan fingerprint density at radius 1 is 1.27 bits per heavy atom. The van der Waals surface area contributed by atoms with E-state index in [0.29, 0.717) is 19.3 Å². The first kappa shape index (κ1) is 22.7. The average molecular weight is 417 g/mol. The van der Waals surface area contributed by atoms with E-state index in [2.05, 4.69) is 16.9 Å². The third-order valence-corrected chi connectivity index (χ3v) is 6.52. The highest BCUT2D eigenvalue weighted by Crippen LogP contribution is 2.38. The van der Waals surface area contributed by atoms with Crippen molar-refractivity contribution in [2.24, 2.45) is 17.8 Å². The van der Waals surface area contributed by atoms with Crippen molar-refractivity contribution in [2.45, 2.75) is 63.3 Å². The summed E-state index contributed by atoms with van der Waals surface area (Å²) < 4.78 is 19.1. The molecule has 3 rings (SSSR count). The van der Waals surface area contributed by atoms with Crippen LogP contribution < -0.4 is 0 Å². The third kappa shape index (κ3) is 5.79. The molecule has 0 heterocycles. The van der Waals surface area contributed by atoms with Gasteiger partial charge in [-0.1, -0.05) is 48.6 Å². The fraction of sp³-hybridized carbons (Fsp3) is 0.560. The maximum absolute atomic E-state index is 14.5. The van der Waals surface area contributed by atoms with Gasteiger partial charge in [0.25, 0.3) is 0 Å². The molecule has 5 heteroatoms. The summed E-state index contributed by atoms with van der Waals surface area (Å²) in [4.78, 5) is 11.1. The molecule has 0 bridgehead atoms. The SMILES string of the molecule is COC(=O)CCC/C=C\C[C@H]1[C@@H](/C=C/[C@H](O)C2Cc3ccccc3C2)[C@@H](F)C[C@@H]1O. The molecule has 0 amide bonds. The van der Waals surface area contributed by atoms with Crippen molar-refractivity contribution in [3.8, 4) is 0 Å². The van der Waals surface area contributed by atoms with Crippen molar-refractivity contribution >= 4 is 5.97 Å². The molecule has 0 radical (unpaired) electrons. The minimum atomic E-state index is -1.10. The number of unbranched alkanes of at least 4 members (excludes halogenated alkanes) is 1. The lowest BCUT2D eigenvalue weighted by atomic mass is 9.89. The Hall–Kier alpha value is -1.98. The lowest BCUT2D eigenvalue weighted by Gasteiger charge is -2.20. The second-order valence-corrected chi connectivity index (χ2v) is 8.55. The Balaban J connectivity index is 1.51. The predicted octanol–water partition coefficient (Wildman–Crippen LogP) is 3.94. The van der Waals surface area contributed by atoms with Crippen molar-refractivity contribution in [1.82, 2.24) is 0 Å². The van der Waals surface area contributed by atoms with Crippen molar-refractivity contribution in [3.05, 3.63) is 59.7 Å². The Morgan fingerprint density at radius 3 is 2.63 bits per heavy atom. The zero-order valence-corrected chi connectivity index (χ0v) is 17.6. The van der Waals surface area contributed by atoms with Crippen LogP contribution in [0.1, 0.15) is 43.2 Å². The first-order valence-corrected chi connectivity index (χ1v) is 11.0. The molecule has 2 aliphatic carbocycles. The average Bonchev–Trinajstić information content (AvgIpc) is 3.29. The molecule has 2 aliphatic rings. The van der Waals surface area contributed by atoms with Crippen LogP contribution in [0.25, 0.3) is 0 Å². The minimum absolute atomic E-state index is 0.121. The van der Waals surface area contributed by atoms with Crippen LogP contribution >= 0.6 is 0 Å². The number of hydrogen-bond acceptors (Lipinski definition) is 4. The number of allylic oxidation sites excluding steroid dienone is 3. The number of benzene rings is 1. The number of hydrogen-bond donors (Lipinski definition) is 2. The highest BCUT2D eigenvalue weighted by atomic mass is 19.1. The topological polar surface area (TPSA) is 66.8 Å². The standard InChI is InChI=1S/C25H33FO4/c1-30-25(29)11-5-3-2-4-10-21-20(22(26)16-24(21)28)12-13-23(27)19-14-17-8-6-7-9-18(17)15-19/h2,4,6-9,12-13,19-24,27-28H,3,5,10-11,14-16H2,1H3/b4-2-,13-12+/t20-,21+,22+,23+,24+/m1/s1. The first-order valence-electron chi connectivity index (χ1n) is 11.0. The molecule has 1 aromatic rings. The largest absolute Gasteiger partial charge is 0.469 e. The number of aliphatic hydroxyl groups excluding tert-OH is 2. The smallest absolute Gasteiger partial charge is 0.305 e. The molecule has 164 valence electrons. The van der Waals surface area contributed by atoms with Crippen LogP contribution in [0.15, 0.2) is 48.6 Å². The predicted molar refractivity (Wildman–Crippen MR) is 115 cm³/mol. The molecular weight excluding hydrogens is 383 g/mol. The summed E-state index contributed by atoms with van der Waals surface area (Å²) in [6, 6.07) is 8.24. The maximum atomic E-state index is 14.5. The van der Waals surface area contributed by atoms with E-state index < -0.39 is 24.3 Å². The van der Waals surface area contributed by atoms with E-state index in [1.807, 2.05) is 24.3 Å². The van der Waals surface area contributed by atoms with Gasteiger partial charge in [-0.15, -0.1) is 0 Å². The van der Waals surface area contributed by atoms with Gasteiger partial charge in [0.1, 0.15) is 6.17 Å². The molecule has 4 nitrogen and oxygen atoms in total. The summed E-state index contributed by atoms with van der Waals surface area (Å²) >= 11 is 0. The third-order valence-electron chi connectivity index (χ3n) is 6.52. The van der Waals surface area contributed by atoms with Gasteiger partial charge in [0.15, 0.2) is 0 Å². The molecular formula is C25H33FO4. The van der Waals surface area contributed by atoms with E-state index in [1.165, 1.54) is 18.2 Å². The fourth-order valence-corrected chi connectivity index (χ4v) is 4.74. The molecule has 1 aromatic carbocycles. The number of alkyl halides is 1. The van der Waals surface area contributed by atoms with Crippen LogP contribution in [0.2, 0.25) is 0 Å². The summed E-state index contributed by atoms with van der Waals surface area (Å²) in [5, 5.41) is 20.9. The number of fused-ring (bicyclic) bond motifs is 1. The maximum Gasteiger partial charge on any atom is 0.305 e. The Morgan fingerprint density at radius 2 is 1.97 bits per heavy atom. The molecule has 0 spiro atoms. The van der Waals surface area contributed by atoms with E-state index in [-0.39, 0.29) is 24.2 Å². The van der Waals surface area contributed by atoms with Gasteiger partial charge in [-0.25, -0.2) is 4.39 Å². The Kier molecular flexibility index (Phi) is 8.23. The van der Waals surface area contributed by atoms with Crippen LogP contribution in [0.4, 0.5) is 4.39 Å². The molecule has 1 saturated carbocycles. The highest BCUT2D eigenvalue weighted by Gasteiger charge is 2.40. The van der Waals surface area contributed by atoms with Crippen molar-refractivity contribution in [1.29, 1.82) is 0 Å². The number of methoxy groups -OCH3 is 1. The van der Waals surface area contributed by atoms with Crippen molar-refractivity contribution < 1.29 is 24.1 Å². The number of esters is 1. The van der Waals surface area contributed by atoms with E-state index in [9.17, 15) is 19.4 Å². The second kappa shape index (κ2) is 10.9. The molecule has 0 unspecified atom stereocenters. The fourth-order valence-electron chi connectivity index (χ4n) is 4.74. The number of carbonyl (C=O) groups is 1. The lowest BCUT2D eigenvalue weighted by Crippen LogP contribution is -2.21. The van der Waals surface area contributed by atoms with E-state index in [0.717, 1.165) is 19.3 Å². The van der Waals surface area contributed by atoms with Crippen LogP contribution in [-0.4, -0.2) is 41.7 Å². The van der Waals surface area contributed by atoms with Gasteiger partial charge in [-0.2, -0.15) is 0 Å². The number of ether oxygens (including phenoxy) is 1. The van der Waals surface area contributed by atoms with E-state index in [1.54, 1.807) is 12.2 Å². The molecule has 2 N–H and O–H groups in total. The molecule has 0 aliphatic heterocycles. The summed E-state index contributed by atoms with van der Waals surface area (Å²) in [7, 11) is 1.38. The minimum Gasteiger partial charge on any atom is -0.469 e. The zero-order chi connectivity index (χ0) is 21.5. The summed E-state index contributed by atoms with van der Waals surface area (Å²) in [5.74, 6) is -0.681. The van der Waals surface area contributed by atoms with E-state index >= 15 is 0 Å². The number of rotatable bonds is 9. The van der Waals surface area contributed by atoms with Crippen molar-refractivity contribution in [2.75, 3.05) is 7.11 Å². The quantitative estimate of drug-likeness (QED) is 0.364. The van der Waals surface area contributed by atoms with Gasteiger partial charge in [-0.3, -0.25) is 4.79 Å². The number of halogens is 1. The van der Waals surface area contributed by atoms with Gasteiger partial charge < -0.3 is 14.9 Å². The molecule has 0 saturated heterocycles.